The number of hydrogen-bond donors (Lipinski definition) is 1. The third kappa shape index (κ3) is 4.46. The lowest BCUT2D eigenvalue weighted by Crippen LogP contribution is -2.45. The second kappa shape index (κ2) is 7.64. The van der Waals surface area contributed by atoms with Gasteiger partial charge < -0.3 is 10.5 Å². The lowest BCUT2D eigenvalue weighted by atomic mass is 9.77. The van der Waals surface area contributed by atoms with Crippen molar-refractivity contribution < 1.29 is 4.74 Å². The number of ether oxygens (including phenoxy) is 1. The van der Waals surface area contributed by atoms with Gasteiger partial charge in [-0.15, -0.1) is 0 Å². The summed E-state index contributed by atoms with van der Waals surface area (Å²) in [6.45, 7) is 3.98. The number of hydrogen-bond acceptors (Lipinski definition) is 2. The molecule has 0 heterocycles. The molecule has 19 heavy (non-hydrogen) atoms. The van der Waals surface area contributed by atoms with Gasteiger partial charge in [0.1, 0.15) is 0 Å². The van der Waals surface area contributed by atoms with Crippen LogP contribution in [0.3, 0.4) is 0 Å². The average molecular weight is 267 g/mol. The van der Waals surface area contributed by atoms with Crippen molar-refractivity contribution >= 4 is 0 Å². The average Bonchev–Trinajstić information content (AvgIpc) is 2.48. The van der Waals surface area contributed by atoms with Gasteiger partial charge in [-0.05, 0) is 50.4 Å². The summed E-state index contributed by atoms with van der Waals surface area (Å²) < 4.78 is 6.36. The Labute approximate surface area is 119 Å². The molecule has 2 N–H and O–H groups in total. The standard InChI is InChI=1S/C17H33NO/c1-2-6-15-9-11-17(14-18,12-10-15)19-13-16-7-4-3-5-8-16/h15-16H,2-14,18H2,1H3. The molecule has 2 nitrogen and oxygen atoms in total. The van der Waals surface area contributed by atoms with E-state index in [1.165, 1.54) is 70.6 Å². The molecule has 0 radical (unpaired) electrons. The van der Waals surface area contributed by atoms with Crippen LogP contribution in [0.15, 0.2) is 0 Å². The third-order valence-corrected chi connectivity index (χ3v) is 5.44. The van der Waals surface area contributed by atoms with Gasteiger partial charge in [-0.2, -0.15) is 0 Å². The molecule has 0 aliphatic heterocycles. The Kier molecular flexibility index (Phi) is 6.15. The number of rotatable bonds is 6. The van der Waals surface area contributed by atoms with Crippen LogP contribution in [-0.2, 0) is 4.74 Å². The van der Waals surface area contributed by atoms with Crippen LogP contribution < -0.4 is 5.73 Å². The van der Waals surface area contributed by atoms with E-state index in [1.807, 2.05) is 0 Å². The summed E-state index contributed by atoms with van der Waals surface area (Å²) in [4.78, 5) is 0. The van der Waals surface area contributed by atoms with Crippen LogP contribution in [0, 0.1) is 11.8 Å². The summed E-state index contributed by atoms with van der Waals surface area (Å²) in [5.74, 6) is 1.74. The summed E-state index contributed by atoms with van der Waals surface area (Å²) >= 11 is 0. The minimum absolute atomic E-state index is 0.0295. The fourth-order valence-electron chi connectivity index (χ4n) is 3.96. The molecule has 0 spiro atoms. The summed E-state index contributed by atoms with van der Waals surface area (Å²) in [5.41, 5.74) is 6.08. The van der Waals surface area contributed by atoms with Crippen LogP contribution in [0.5, 0.6) is 0 Å². The van der Waals surface area contributed by atoms with Crippen LogP contribution in [0.1, 0.15) is 77.6 Å². The molecule has 0 aromatic carbocycles. The van der Waals surface area contributed by atoms with E-state index in [4.69, 9.17) is 10.5 Å². The predicted octanol–water partition coefficient (Wildman–Crippen LogP) is 4.27. The molecule has 0 amide bonds. The molecule has 2 heteroatoms. The van der Waals surface area contributed by atoms with Crippen LogP contribution in [0.25, 0.3) is 0 Å². The van der Waals surface area contributed by atoms with E-state index in [2.05, 4.69) is 6.92 Å². The largest absolute Gasteiger partial charge is 0.373 e. The first-order chi connectivity index (χ1) is 9.28. The zero-order chi connectivity index (χ0) is 13.6. The van der Waals surface area contributed by atoms with Gasteiger partial charge in [-0.3, -0.25) is 0 Å². The Morgan fingerprint density at radius 3 is 2.26 bits per heavy atom. The Hall–Kier alpha value is -0.0800. The Balaban J connectivity index is 1.75. The molecular formula is C17H33NO. The van der Waals surface area contributed by atoms with E-state index in [9.17, 15) is 0 Å². The summed E-state index contributed by atoms with van der Waals surface area (Å²) in [6.07, 6.45) is 14.7. The molecule has 2 saturated carbocycles. The molecule has 0 saturated heterocycles. The van der Waals surface area contributed by atoms with Gasteiger partial charge in [0.2, 0.25) is 0 Å². The first kappa shape index (κ1) is 15.3. The molecule has 0 aromatic rings. The highest BCUT2D eigenvalue weighted by Crippen LogP contribution is 2.37. The Morgan fingerprint density at radius 1 is 1.00 bits per heavy atom. The van der Waals surface area contributed by atoms with E-state index in [-0.39, 0.29) is 5.60 Å². The molecule has 2 rings (SSSR count). The molecule has 2 aliphatic rings. The normalized spacial score (nSPS) is 33.5. The van der Waals surface area contributed by atoms with Gasteiger partial charge in [0.25, 0.3) is 0 Å². The summed E-state index contributed by atoms with van der Waals surface area (Å²) in [5, 5.41) is 0. The Morgan fingerprint density at radius 2 is 1.68 bits per heavy atom. The predicted molar refractivity (Wildman–Crippen MR) is 81.2 cm³/mol. The van der Waals surface area contributed by atoms with Crippen molar-refractivity contribution in [2.75, 3.05) is 13.2 Å². The summed E-state index contributed by atoms with van der Waals surface area (Å²) in [6, 6.07) is 0. The lowest BCUT2D eigenvalue weighted by molar-refractivity contribution is -0.0877. The van der Waals surface area contributed by atoms with Gasteiger partial charge in [-0.25, -0.2) is 0 Å². The first-order valence-corrected chi connectivity index (χ1v) is 8.62. The van der Waals surface area contributed by atoms with Gasteiger partial charge in [-0.1, -0.05) is 39.0 Å². The van der Waals surface area contributed by atoms with Crippen molar-refractivity contribution in [2.24, 2.45) is 17.6 Å². The highest BCUT2D eigenvalue weighted by molar-refractivity contribution is 4.88. The molecule has 0 bridgehead atoms. The highest BCUT2D eigenvalue weighted by atomic mass is 16.5. The van der Waals surface area contributed by atoms with Crippen molar-refractivity contribution in [2.45, 2.75) is 83.2 Å². The van der Waals surface area contributed by atoms with Gasteiger partial charge in [0, 0.05) is 6.54 Å². The van der Waals surface area contributed by atoms with Gasteiger partial charge in [0.05, 0.1) is 12.2 Å². The molecular weight excluding hydrogens is 234 g/mol. The van der Waals surface area contributed by atoms with Crippen molar-refractivity contribution in [1.82, 2.24) is 0 Å². The zero-order valence-electron chi connectivity index (χ0n) is 12.8. The number of nitrogens with two attached hydrogens (primary N) is 1. The van der Waals surface area contributed by atoms with E-state index in [0.717, 1.165) is 25.0 Å². The maximum absolute atomic E-state index is 6.36. The van der Waals surface area contributed by atoms with E-state index < -0.39 is 0 Å². The van der Waals surface area contributed by atoms with Crippen molar-refractivity contribution in [3.63, 3.8) is 0 Å². The van der Waals surface area contributed by atoms with E-state index in [0.29, 0.717) is 0 Å². The van der Waals surface area contributed by atoms with Crippen LogP contribution >= 0.6 is 0 Å². The Bertz CT molecular complexity index is 240. The SMILES string of the molecule is CCCC1CCC(CN)(OCC2CCCCC2)CC1. The molecule has 0 aromatic heterocycles. The van der Waals surface area contributed by atoms with Gasteiger partial charge in [0.15, 0.2) is 0 Å². The second-order valence-electron chi connectivity index (χ2n) is 6.93. The van der Waals surface area contributed by atoms with Gasteiger partial charge >= 0.3 is 0 Å². The van der Waals surface area contributed by atoms with Crippen molar-refractivity contribution in [3.05, 3.63) is 0 Å². The van der Waals surface area contributed by atoms with Crippen molar-refractivity contribution in [1.29, 1.82) is 0 Å². The smallest absolute Gasteiger partial charge is 0.0804 e. The zero-order valence-corrected chi connectivity index (χ0v) is 12.8. The minimum atomic E-state index is 0.0295. The third-order valence-electron chi connectivity index (χ3n) is 5.44. The lowest BCUT2D eigenvalue weighted by Gasteiger charge is -2.40. The van der Waals surface area contributed by atoms with Crippen LogP contribution in [-0.4, -0.2) is 18.8 Å². The van der Waals surface area contributed by atoms with Crippen LogP contribution in [0.4, 0.5) is 0 Å². The molecule has 0 unspecified atom stereocenters. The molecule has 2 fully saturated rings. The quantitative estimate of drug-likeness (QED) is 0.780. The van der Waals surface area contributed by atoms with E-state index >= 15 is 0 Å². The van der Waals surface area contributed by atoms with Crippen LogP contribution in [0.2, 0.25) is 0 Å². The molecule has 0 atom stereocenters. The highest BCUT2D eigenvalue weighted by Gasteiger charge is 2.35. The summed E-state index contributed by atoms with van der Waals surface area (Å²) in [7, 11) is 0. The minimum Gasteiger partial charge on any atom is -0.373 e. The van der Waals surface area contributed by atoms with E-state index in [1.54, 1.807) is 0 Å². The second-order valence-corrected chi connectivity index (χ2v) is 6.93. The maximum atomic E-state index is 6.36. The fraction of sp³-hybridized carbons (Fsp3) is 1.00. The first-order valence-electron chi connectivity index (χ1n) is 8.62. The fourth-order valence-corrected chi connectivity index (χ4v) is 3.96. The monoisotopic (exact) mass is 267 g/mol. The maximum Gasteiger partial charge on any atom is 0.0804 e. The van der Waals surface area contributed by atoms with Crippen molar-refractivity contribution in [3.8, 4) is 0 Å². The molecule has 112 valence electrons. The molecule has 2 aliphatic carbocycles. The topological polar surface area (TPSA) is 35.2 Å².